The van der Waals surface area contributed by atoms with Gasteiger partial charge in [-0.15, -0.1) is 0 Å². The van der Waals surface area contributed by atoms with Crippen LogP contribution in [0, 0.1) is 20.8 Å². The van der Waals surface area contributed by atoms with Crippen molar-refractivity contribution >= 4 is 39.1 Å². The van der Waals surface area contributed by atoms with E-state index in [-0.39, 0.29) is 29.1 Å². The van der Waals surface area contributed by atoms with Crippen LogP contribution in [0.3, 0.4) is 0 Å². The molecule has 3 rings (SSSR count). The zero-order valence-corrected chi connectivity index (χ0v) is 26.2. The third kappa shape index (κ3) is 8.11. The molecule has 2 amide bonds. The fourth-order valence-electron chi connectivity index (χ4n) is 4.35. The minimum Gasteiger partial charge on any atom is -0.352 e. The molecule has 9 heteroatoms. The Hall–Kier alpha value is -3.36. The van der Waals surface area contributed by atoms with Crippen LogP contribution in [0.2, 0.25) is 5.02 Å². The minimum absolute atomic E-state index is 0.0548. The molecule has 0 aliphatic carbocycles. The predicted octanol–water partition coefficient (Wildman–Crippen LogP) is 6.18. The van der Waals surface area contributed by atoms with Gasteiger partial charge in [-0.25, -0.2) is 8.42 Å². The average molecular weight is 598 g/mol. The number of carbonyl (C=O) groups is 2. The van der Waals surface area contributed by atoms with Crippen LogP contribution in [-0.4, -0.2) is 43.8 Å². The fraction of sp³-hybridized carbons (Fsp3) is 0.375. The zero-order chi connectivity index (χ0) is 30.3. The van der Waals surface area contributed by atoms with Crippen LogP contribution in [-0.2, 0) is 26.2 Å². The first-order valence-corrected chi connectivity index (χ1v) is 15.7. The highest BCUT2D eigenvalue weighted by Gasteiger charge is 2.34. The first kappa shape index (κ1) is 32.2. The molecule has 0 fully saturated rings. The van der Waals surface area contributed by atoms with Gasteiger partial charge in [-0.05, 0) is 75.9 Å². The van der Waals surface area contributed by atoms with Crippen LogP contribution in [0.4, 0.5) is 5.69 Å². The summed E-state index contributed by atoms with van der Waals surface area (Å²) in [4.78, 5) is 29.1. The second-order valence-electron chi connectivity index (χ2n) is 10.5. The number of anilines is 1. The molecule has 0 saturated carbocycles. The van der Waals surface area contributed by atoms with Crippen molar-refractivity contribution < 1.29 is 18.0 Å². The second kappa shape index (κ2) is 14.0. The molecule has 0 radical (unpaired) electrons. The minimum atomic E-state index is -4.16. The molecule has 0 aromatic heterocycles. The molecule has 3 aromatic rings. The van der Waals surface area contributed by atoms with E-state index >= 15 is 0 Å². The molecule has 41 heavy (non-hydrogen) atoms. The van der Waals surface area contributed by atoms with Crippen molar-refractivity contribution in [2.24, 2.45) is 0 Å². The van der Waals surface area contributed by atoms with Gasteiger partial charge in [0.15, 0.2) is 0 Å². The fourth-order valence-corrected chi connectivity index (χ4v) is 5.93. The number of amides is 2. The summed E-state index contributed by atoms with van der Waals surface area (Å²) in [5.74, 6) is -0.766. The lowest BCUT2D eigenvalue weighted by molar-refractivity contribution is -0.140. The molecule has 0 heterocycles. The van der Waals surface area contributed by atoms with Gasteiger partial charge in [0.25, 0.3) is 10.0 Å². The number of aryl methyl sites for hydroxylation is 3. The average Bonchev–Trinajstić information content (AvgIpc) is 2.94. The van der Waals surface area contributed by atoms with E-state index in [0.717, 1.165) is 33.0 Å². The third-order valence-corrected chi connectivity index (χ3v) is 9.39. The van der Waals surface area contributed by atoms with Gasteiger partial charge < -0.3 is 10.2 Å². The Morgan fingerprint density at radius 3 is 2.00 bits per heavy atom. The number of rotatable bonds is 12. The lowest BCUT2D eigenvalue weighted by Gasteiger charge is -2.34. The molecule has 7 nitrogen and oxygen atoms in total. The predicted molar refractivity (Wildman–Crippen MR) is 166 cm³/mol. The Kier molecular flexibility index (Phi) is 11.0. The molecule has 220 valence electrons. The van der Waals surface area contributed by atoms with Gasteiger partial charge in [0.05, 0.1) is 10.6 Å². The van der Waals surface area contributed by atoms with Crippen LogP contribution < -0.4 is 9.62 Å². The van der Waals surface area contributed by atoms with Gasteiger partial charge in [0.2, 0.25) is 11.8 Å². The monoisotopic (exact) mass is 597 g/mol. The molecular weight excluding hydrogens is 558 g/mol. The van der Waals surface area contributed by atoms with E-state index in [1.807, 2.05) is 65.8 Å². The van der Waals surface area contributed by atoms with Crippen molar-refractivity contribution in [1.82, 2.24) is 10.2 Å². The number of halogens is 1. The maximum atomic E-state index is 14.1. The van der Waals surface area contributed by atoms with Crippen LogP contribution >= 0.6 is 11.6 Å². The SMILES string of the molecule is CCC(C)NC(=O)C(CC)N(Cc1ccc(C)cc1)C(=O)CN(c1ccc(C)c(Cl)c1)S(=O)(=O)c1ccc(C)cc1. The number of benzene rings is 3. The Bertz CT molecular complexity index is 1460. The van der Waals surface area contributed by atoms with Crippen LogP contribution in [0.1, 0.15) is 55.9 Å². The van der Waals surface area contributed by atoms with E-state index in [0.29, 0.717) is 11.4 Å². The summed E-state index contributed by atoms with van der Waals surface area (Å²) in [6.07, 6.45) is 1.10. The Labute approximate surface area is 249 Å². The summed E-state index contributed by atoms with van der Waals surface area (Å²) in [7, 11) is -4.16. The van der Waals surface area contributed by atoms with Crippen LogP contribution in [0.25, 0.3) is 0 Å². The quantitative estimate of drug-likeness (QED) is 0.270. The summed E-state index contributed by atoms with van der Waals surface area (Å²) in [5, 5.41) is 3.37. The van der Waals surface area contributed by atoms with Gasteiger partial charge in [-0.3, -0.25) is 13.9 Å². The van der Waals surface area contributed by atoms with Crippen LogP contribution in [0.5, 0.6) is 0 Å². The third-order valence-electron chi connectivity index (χ3n) is 7.19. The molecule has 2 unspecified atom stereocenters. The summed E-state index contributed by atoms with van der Waals surface area (Å²) >= 11 is 6.40. The molecule has 0 aliphatic rings. The molecule has 3 aromatic carbocycles. The maximum absolute atomic E-state index is 14.1. The number of carbonyl (C=O) groups excluding carboxylic acids is 2. The van der Waals surface area contributed by atoms with Crippen molar-refractivity contribution in [3.63, 3.8) is 0 Å². The number of nitrogens with one attached hydrogen (secondary N) is 1. The molecule has 0 aliphatic heterocycles. The van der Waals surface area contributed by atoms with Crippen molar-refractivity contribution in [1.29, 1.82) is 0 Å². The zero-order valence-electron chi connectivity index (χ0n) is 24.6. The summed E-state index contributed by atoms with van der Waals surface area (Å²) in [6.45, 7) is 11.0. The Morgan fingerprint density at radius 2 is 1.46 bits per heavy atom. The van der Waals surface area contributed by atoms with Gasteiger partial charge in [0, 0.05) is 17.6 Å². The van der Waals surface area contributed by atoms with Crippen LogP contribution in [0.15, 0.2) is 71.6 Å². The van der Waals surface area contributed by atoms with Crippen molar-refractivity contribution in [3.8, 4) is 0 Å². The summed E-state index contributed by atoms with van der Waals surface area (Å²) < 4.78 is 29.0. The molecule has 2 atom stereocenters. The maximum Gasteiger partial charge on any atom is 0.264 e. The van der Waals surface area contributed by atoms with Gasteiger partial charge in [0.1, 0.15) is 12.6 Å². The molecule has 0 bridgehead atoms. The first-order valence-electron chi connectivity index (χ1n) is 13.9. The molecule has 0 spiro atoms. The standard InChI is InChI=1S/C32H40ClN3O4S/c1-7-25(6)34-32(38)30(8-2)35(20-26-14-9-22(3)10-15-26)31(37)21-36(27-16-13-24(5)29(33)19-27)41(39,40)28-17-11-23(4)12-18-28/h9-19,25,30H,7-8,20-21H2,1-6H3,(H,34,38). The molecule has 1 N–H and O–H groups in total. The van der Waals surface area contributed by atoms with E-state index in [2.05, 4.69) is 5.32 Å². The van der Waals surface area contributed by atoms with Crippen molar-refractivity contribution in [2.45, 2.75) is 77.9 Å². The van der Waals surface area contributed by atoms with Gasteiger partial charge in [-0.2, -0.15) is 0 Å². The van der Waals surface area contributed by atoms with E-state index in [4.69, 9.17) is 11.6 Å². The molecule has 0 saturated heterocycles. The lowest BCUT2D eigenvalue weighted by Crippen LogP contribution is -2.53. The summed E-state index contributed by atoms with van der Waals surface area (Å²) in [5.41, 5.74) is 3.86. The number of sulfonamides is 1. The normalized spacial score (nSPS) is 12.9. The van der Waals surface area contributed by atoms with E-state index in [1.54, 1.807) is 30.3 Å². The molecular formula is C32H40ClN3O4S. The Balaban J connectivity index is 2.08. The van der Waals surface area contributed by atoms with Crippen molar-refractivity contribution in [3.05, 3.63) is 94.0 Å². The number of hydrogen-bond acceptors (Lipinski definition) is 4. The number of hydrogen-bond donors (Lipinski definition) is 1. The largest absolute Gasteiger partial charge is 0.352 e. The van der Waals surface area contributed by atoms with Crippen molar-refractivity contribution in [2.75, 3.05) is 10.8 Å². The Morgan fingerprint density at radius 1 is 0.878 bits per heavy atom. The first-order chi connectivity index (χ1) is 19.4. The highest BCUT2D eigenvalue weighted by molar-refractivity contribution is 7.92. The summed E-state index contributed by atoms with van der Waals surface area (Å²) in [6, 6.07) is 18.2. The topological polar surface area (TPSA) is 86.8 Å². The second-order valence-corrected chi connectivity index (χ2v) is 12.8. The highest BCUT2D eigenvalue weighted by atomic mass is 35.5. The highest BCUT2D eigenvalue weighted by Crippen LogP contribution is 2.29. The number of nitrogens with zero attached hydrogens (tertiary/aromatic N) is 2. The van der Waals surface area contributed by atoms with Gasteiger partial charge >= 0.3 is 0 Å². The van der Waals surface area contributed by atoms with E-state index in [9.17, 15) is 18.0 Å². The smallest absolute Gasteiger partial charge is 0.264 e. The lowest BCUT2D eigenvalue weighted by atomic mass is 10.1. The van der Waals surface area contributed by atoms with Gasteiger partial charge in [-0.1, -0.05) is 79.0 Å². The van der Waals surface area contributed by atoms with E-state index in [1.165, 1.54) is 17.0 Å². The van der Waals surface area contributed by atoms with E-state index < -0.39 is 28.5 Å².